The molecule has 20 heavy (non-hydrogen) atoms. The van der Waals surface area contributed by atoms with E-state index in [4.69, 9.17) is 28.0 Å². The van der Waals surface area contributed by atoms with E-state index in [-0.39, 0.29) is 0 Å². The van der Waals surface area contributed by atoms with Gasteiger partial charge in [0.2, 0.25) is 0 Å². The molecule has 0 bridgehead atoms. The molecular formula is C16H13Cl2NO. The molecule has 0 spiro atoms. The van der Waals surface area contributed by atoms with Gasteiger partial charge in [0.1, 0.15) is 6.61 Å². The molecule has 4 heteroatoms. The van der Waals surface area contributed by atoms with Crippen LogP contribution in [0.25, 0.3) is 22.2 Å². The van der Waals surface area contributed by atoms with Crippen molar-refractivity contribution in [1.29, 1.82) is 0 Å². The molecule has 0 amide bonds. The van der Waals surface area contributed by atoms with E-state index in [1.165, 1.54) is 0 Å². The highest BCUT2D eigenvalue weighted by Gasteiger charge is 2.16. The highest BCUT2D eigenvalue weighted by Crippen LogP contribution is 2.37. The van der Waals surface area contributed by atoms with Crippen molar-refractivity contribution in [1.82, 2.24) is 4.73 Å². The molecule has 1 heterocycles. The third-order valence-corrected chi connectivity index (χ3v) is 3.77. The van der Waals surface area contributed by atoms with E-state index in [1.807, 2.05) is 55.5 Å². The summed E-state index contributed by atoms with van der Waals surface area (Å²) in [5, 5.41) is 2.31. The van der Waals surface area contributed by atoms with Gasteiger partial charge in [-0.05, 0) is 31.2 Å². The fourth-order valence-corrected chi connectivity index (χ4v) is 2.91. The summed E-state index contributed by atoms with van der Waals surface area (Å²) in [7, 11) is 0. The van der Waals surface area contributed by atoms with Crippen molar-refractivity contribution in [3.8, 4) is 11.3 Å². The Hall–Kier alpha value is -1.64. The summed E-state index contributed by atoms with van der Waals surface area (Å²) in [5.41, 5.74) is 2.66. The van der Waals surface area contributed by atoms with Crippen molar-refractivity contribution < 1.29 is 4.84 Å². The second-order valence-corrected chi connectivity index (χ2v) is 5.21. The molecule has 0 aliphatic carbocycles. The third kappa shape index (κ3) is 2.15. The molecule has 0 N–H and O–H groups in total. The smallest absolute Gasteiger partial charge is 0.112 e. The van der Waals surface area contributed by atoms with E-state index >= 15 is 0 Å². The molecule has 2 nitrogen and oxygen atoms in total. The SMILES string of the molecule is CCOn1c(-c2c(Cl)cccc2Cl)cc2ccccc21. The number of para-hydroxylation sites is 1. The number of nitrogens with zero attached hydrogens (tertiary/aromatic N) is 1. The summed E-state index contributed by atoms with van der Waals surface area (Å²) < 4.78 is 1.79. The Kier molecular flexibility index (Phi) is 3.60. The number of rotatable bonds is 3. The Morgan fingerprint density at radius 1 is 1.00 bits per heavy atom. The van der Waals surface area contributed by atoms with E-state index in [1.54, 1.807) is 4.73 Å². The Morgan fingerprint density at radius 2 is 1.70 bits per heavy atom. The third-order valence-electron chi connectivity index (χ3n) is 3.14. The van der Waals surface area contributed by atoms with Crippen molar-refractivity contribution in [2.45, 2.75) is 6.92 Å². The average molecular weight is 306 g/mol. The molecule has 0 unspecified atom stereocenters. The standard InChI is InChI=1S/C16H13Cl2NO/c1-2-20-19-14-9-4-3-6-11(14)10-15(19)16-12(17)7-5-8-13(16)18/h3-10H,2H2,1H3. The highest BCUT2D eigenvalue weighted by atomic mass is 35.5. The normalized spacial score (nSPS) is 10.9. The van der Waals surface area contributed by atoms with Gasteiger partial charge in [0.25, 0.3) is 0 Å². The first-order chi connectivity index (χ1) is 9.72. The topological polar surface area (TPSA) is 14.2 Å². The van der Waals surface area contributed by atoms with Gasteiger partial charge in [-0.15, -0.1) is 0 Å². The fourth-order valence-electron chi connectivity index (χ4n) is 2.31. The molecule has 0 saturated carbocycles. The van der Waals surface area contributed by atoms with Gasteiger partial charge in [0.15, 0.2) is 0 Å². The lowest BCUT2D eigenvalue weighted by Gasteiger charge is -2.12. The van der Waals surface area contributed by atoms with E-state index in [0.717, 1.165) is 22.2 Å². The predicted octanol–water partition coefficient (Wildman–Crippen LogP) is 5.06. The molecule has 0 aliphatic heterocycles. The van der Waals surface area contributed by atoms with Crippen molar-refractivity contribution in [3.05, 3.63) is 58.6 Å². The molecule has 2 aromatic carbocycles. The minimum atomic E-state index is 0.563. The van der Waals surface area contributed by atoms with Crippen LogP contribution >= 0.6 is 23.2 Å². The Labute approximate surface area is 127 Å². The van der Waals surface area contributed by atoms with Crippen LogP contribution in [0.5, 0.6) is 0 Å². The van der Waals surface area contributed by atoms with Crippen LogP contribution in [-0.4, -0.2) is 11.3 Å². The summed E-state index contributed by atoms with van der Waals surface area (Å²) in [6.45, 7) is 2.51. The van der Waals surface area contributed by atoms with Crippen LogP contribution in [0, 0.1) is 0 Å². The maximum absolute atomic E-state index is 6.31. The number of hydrogen-bond acceptors (Lipinski definition) is 1. The van der Waals surface area contributed by atoms with E-state index in [9.17, 15) is 0 Å². The first-order valence-electron chi connectivity index (χ1n) is 6.40. The van der Waals surface area contributed by atoms with Gasteiger partial charge in [-0.3, -0.25) is 0 Å². The van der Waals surface area contributed by atoms with Crippen molar-refractivity contribution in [2.24, 2.45) is 0 Å². The number of halogens is 2. The molecule has 0 atom stereocenters. The van der Waals surface area contributed by atoms with Crippen LogP contribution in [0.15, 0.2) is 48.5 Å². The van der Waals surface area contributed by atoms with Crippen molar-refractivity contribution >= 4 is 34.1 Å². The van der Waals surface area contributed by atoms with E-state index < -0.39 is 0 Å². The quantitative estimate of drug-likeness (QED) is 0.659. The highest BCUT2D eigenvalue weighted by molar-refractivity contribution is 6.39. The molecule has 0 radical (unpaired) electrons. The first-order valence-corrected chi connectivity index (χ1v) is 7.16. The molecule has 3 aromatic rings. The minimum Gasteiger partial charge on any atom is -0.414 e. The number of aromatic nitrogens is 1. The molecule has 1 aromatic heterocycles. The molecule has 0 saturated heterocycles. The molecular weight excluding hydrogens is 293 g/mol. The van der Waals surface area contributed by atoms with Gasteiger partial charge in [-0.2, -0.15) is 4.73 Å². The van der Waals surface area contributed by atoms with Crippen LogP contribution in [0.3, 0.4) is 0 Å². The zero-order chi connectivity index (χ0) is 14.1. The lowest BCUT2D eigenvalue weighted by Crippen LogP contribution is -2.11. The molecule has 0 fully saturated rings. The lowest BCUT2D eigenvalue weighted by atomic mass is 10.1. The largest absolute Gasteiger partial charge is 0.414 e. The average Bonchev–Trinajstić information content (AvgIpc) is 2.78. The predicted molar refractivity (Wildman–Crippen MR) is 84.5 cm³/mol. The van der Waals surface area contributed by atoms with Crippen molar-refractivity contribution in [2.75, 3.05) is 6.61 Å². The van der Waals surface area contributed by atoms with Crippen LogP contribution < -0.4 is 4.84 Å². The zero-order valence-electron chi connectivity index (χ0n) is 10.9. The van der Waals surface area contributed by atoms with E-state index in [2.05, 4.69) is 0 Å². The van der Waals surface area contributed by atoms with Gasteiger partial charge >= 0.3 is 0 Å². The molecule has 102 valence electrons. The monoisotopic (exact) mass is 305 g/mol. The van der Waals surface area contributed by atoms with Gasteiger partial charge in [-0.1, -0.05) is 47.5 Å². The summed E-state index contributed by atoms with van der Waals surface area (Å²) in [6.07, 6.45) is 0. The summed E-state index contributed by atoms with van der Waals surface area (Å²) in [4.78, 5) is 5.75. The summed E-state index contributed by atoms with van der Waals surface area (Å²) in [6, 6.07) is 15.6. The van der Waals surface area contributed by atoms with E-state index in [0.29, 0.717) is 16.7 Å². The maximum atomic E-state index is 6.31. The number of benzene rings is 2. The Morgan fingerprint density at radius 3 is 2.40 bits per heavy atom. The van der Waals surface area contributed by atoms with Gasteiger partial charge < -0.3 is 4.84 Å². The van der Waals surface area contributed by atoms with Crippen LogP contribution in [0.1, 0.15) is 6.92 Å². The molecule has 3 rings (SSSR count). The minimum absolute atomic E-state index is 0.563. The zero-order valence-corrected chi connectivity index (χ0v) is 12.4. The summed E-state index contributed by atoms with van der Waals surface area (Å²) >= 11 is 12.6. The second-order valence-electron chi connectivity index (χ2n) is 4.40. The van der Waals surface area contributed by atoms with Crippen LogP contribution in [-0.2, 0) is 0 Å². The number of hydrogen-bond donors (Lipinski definition) is 0. The fraction of sp³-hybridized carbons (Fsp3) is 0.125. The maximum Gasteiger partial charge on any atom is 0.112 e. The van der Waals surface area contributed by atoms with Crippen molar-refractivity contribution in [3.63, 3.8) is 0 Å². The number of fused-ring (bicyclic) bond motifs is 1. The van der Waals surface area contributed by atoms with Crippen LogP contribution in [0.4, 0.5) is 0 Å². The first kappa shape index (κ1) is 13.3. The van der Waals surface area contributed by atoms with Gasteiger partial charge in [0, 0.05) is 10.9 Å². The second kappa shape index (κ2) is 5.39. The van der Waals surface area contributed by atoms with Gasteiger partial charge in [0.05, 0.1) is 21.3 Å². The summed E-state index contributed by atoms with van der Waals surface area (Å²) in [5.74, 6) is 0. The van der Waals surface area contributed by atoms with Gasteiger partial charge in [-0.25, -0.2) is 0 Å². The van der Waals surface area contributed by atoms with Crippen LogP contribution in [0.2, 0.25) is 10.0 Å². The Bertz CT molecular complexity index is 744. The lowest BCUT2D eigenvalue weighted by molar-refractivity contribution is 0.136. The molecule has 0 aliphatic rings. The Balaban J connectivity index is 2.33.